The van der Waals surface area contributed by atoms with E-state index in [1.54, 1.807) is 25.5 Å². The molecule has 1 aliphatic rings. The molecule has 0 bridgehead atoms. The van der Waals surface area contributed by atoms with Crippen LogP contribution in [0.1, 0.15) is 22.2 Å². The van der Waals surface area contributed by atoms with Crippen LogP contribution in [0, 0.1) is 0 Å². The molecule has 3 rings (SSSR count). The molecule has 1 atom stereocenters. The minimum Gasteiger partial charge on any atom is -0.497 e. The topological polar surface area (TPSA) is 65.1 Å². The summed E-state index contributed by atoms with van der Waals surface area (Å²) in [4.78, 5) is 13.8. The number of methoxy groups -OCH3 is 1. The predicted molar refractivity (Wildman–Crippen MR) is 88.3 cm³/mol. The highest BCUT2D eigenvalue weighted by atomic mass is 16.5. The average molecular weight is 331 g/mol. The molecule has 0 saturated carbocycles. The number of hydrogen-bond acceptors (Lipinski definition) is 4. The SMILES string of the molecule is COc1cccc(C(=O)NC[C@H](c2ccco2)[NH+]2CCOCC2)c1. The van der Waals surface area contributed by atoms with Crippen molar-refractivity contribution in [3.8, 4) is 5.75 Å². The van der Waals surface area contributed by atoms with Crippen LogP contribution in [0.5, 0.6) is 5.75 Å². The minimum atomic E-state index is -0.113. The van der Waals surface area contributed by atoms with Gasteiger partial charge >= 0.3 is 0 Å². The first kappa shape index (κ1) is 16.5. The van der Waals surface area contributed by atoms with E-state index in [1.807, 2.05) is 24.3 Å². The van der Waals surface area contributed by atoms with E-state index >= 15 is 0 Å². The van der Waals surface area contributed by atoms with Gasteiger partial charge in [0.05, 0.1) is 33.1 Å². The van der Waals surface area contributed by atoms with Crippen LogP contribution in [-0.4, -0.2) is 45.9 Å². The lowest BCUT2D eigenvalue weighted by Crippen LogP contribution is -3.15. The van der Waals surface area contributed by atoms with Gasteiger partial charge in [0, 0.05) is 5.56 Å². The van der Waals surface area contributed by atoms with Crippen molar-refractivity contribution in [2.45, 2.75) is 6.04 Å². The summed E-state index contributed by atoms with van der Waals surface area (Å²) in [7, 11) is 1.59. The molecule has 2 heterocycles. The normalized spacial score (nSPS) is 16.5. The van der Waals surface area contributed by atoms with Crippen molar-refractivity contribution in [1.29, 1.82) is 0 Å². The molecule has 6 nitrogen and oxygen atoms in total. The monoisotopic (exact) mass is 331 g/mol. The largest absolute Gasteiger partial charge is 0.497 e. The van der Waals surface area contributed by atoms with Crippen LogP contribution in [0.2, 0.25) is 0 Å². The Kier molecular flexibility index (Phi) is 5.51. The molecule has 128 valence electrons. The molecular weight excluding hydrogens is 308 g/mol. The first-order valence-electron chi connectivity index (χ1n) is 8.16. The second-order valence-electron chi connectivity index (χ2n) is 5.78. The van der Waals surface area contributed by atoms with Gasteiger partial charge in [-0.05, 0) is 30.3 Å². The summed E-state index contributed by atoms with van der Waals surface area (Å²) in [5.41, 5.74) is 0.588. The Hall–Kier alpha value is -2.31. The van der Waals surface area contributed by atoms with E-state index in [-0.39, 0.29) is 11.9 Å². The smallest absolute Gasteiger partial charge is 0.251 e. The molecule has 1 fully saturated rings. The van der Waals surface area contributed by atoms with E-state index in [4.69, 9.17) is 13.9 Å². The van der Waals surface area contributed by atoms with Crippen molar-refractivity contribution in [1.82, 2.24) is 5.32 Å². The number of ether oxygens (including phenoxy) is 2. The van der Waals surface area contributed by atoms with Gasteiger partial charge in [0.2, 0.25) is 0 Å². The molecule has 6 heteroatoms. The maximum absolute atomic E-state index is 12.4. The van der Waals surface area contributed by atoms with Gasteiger partial charge in [-0.3, -0.25) is 4.79 Å². The highest BCUT2D eigenvalue weighted by Gasteiger charge is 2.29. The van der Waals surface area contributed by atoms with Crippen molar-refractivity contribution in [2.24, 2.45) is 0 Å². The number of furan rings is 1. The van der Waals surface area contributed by atoms with E-state index in [0.717, 1.165) is 32.1 Å². The number of morpholine rings is 1. The molecular formula is C18H23N2O4+. The van der Waals surface area contributed by atoms with Crippen LogP contribution < -0.4 is 15.0 Å². The number of benzene rings is 1. The van der Waals surface area contributed by atoms with Crippen LogP contribution >= 0.6 is 0 Å². The summed E-state index contributed by atoms with van der Waals surface area (Å²) in [6.45, 7) is 3.78. The van der Waals surface area contributed by atoms with E-state index in [2.05, 4.69) is 5.32 Å². The molecule has 0 radical (unpaired) electrons. The molecule has 2 N–H and O–H groups in total. The zero-order valence-corrected chi connectivity index (χ0v) is 13.8. The third-order valence-corrected chi connectivity index (χ3v) is 4.31. The number of hydrogen-bond donors (Lipinski definition) is 2. The number of rotatable bonds is 6. The lowest BCUT2D eigenvalue weighted by Gasteiger charge is -2.30. The number of nitrogens with one attached hydrogen (secondary N) is 2. The third kappa shape index (κ3) is 3.96. The van der Waals surface area contributed by atoms with Gasteiger partial charge in [0.15, 0.2) is 11.8 Å². The van der Waals surface area contributed by atoms with Crippen molar-refractivity contribution in [3.05, 3.63) is 54.0 Å². The Balaban J connectivity index is 1.67. The van der Waals surface area contributed by atoms with Crippen molar-refractivity contribution in [2.75, 3.05) is 40.0 Å². The molecule has 0 aliphatic carbocycles. The van der Waals surface area contributed by atoms with Crippen LogP contribution in [0.25, 0.3) is 0 Å². The van der Waals surface area contributed by atoms with E-state index < -0.39 is 0 Å². The fraction of sp³-hybridized carbons (Fsp3) is 0.389. The summed E-state index contributed by atoms with van der Waals surface area (Å²) < 4.78 is 16.2. The van der Waals surface area contributed by atoms with Crippen molar-refractivity contribution < 1.29 is 23.6 Å². The number of carbonyl (C=O) groups is 1. The fourth-order valence-corrected chi connectivity index (χ4v) is 2.98. The predicted octanol–water partition coefficient (Wildman–Crippen LogP) is 0.674. The lowest BCUT2D eigenvalue weighted by molar-refractivity contribution is -0.938. The van der Waals surface area contributed by atoms with Gasteiger partial charge in [-0.25, -0.2) is 0 Å². The van der Waals surface area contributed by atoms with Crippen LogP contribution in [-0.2, 0) is 4.74 Å². The Morgan fingerprint density at radius 1 is 1.29 bits per heavy atom. The van der Waals surface area contributed by atoms with E-state index in [0.29, 0.717) is 17.9 Å². The standard InChI is InChI=1S/C18H22N2O4/c1-22-15-5-2-4-14(12-15)18(21)19-13-16(17-6-3-9-24-17)20-7-10-23-11-8-20/h2-6,9,12,16H,7-8,10-11,13H2,1H3,(H,19,21)/p+1/t16-/m1/s1. The van der Waals surface area contributed by atoms with E-state index in [1.165, 1.54) is 4.90 Å². The highest BCUT2D eigenvalue weighted by molar-refractivity contribution is 5.94. The maximum atomic E-state index is 12.4. The van der Waals surface area contributed by atoms with Gasteiger partial charge in [-0.15, -0.1) is 0 Å². The molecule has 1 saturated heterocycles. The van der Waals surface area contributed by atoms with Crippen LogP contribution in [0.15, 0.2) is 47.1 Å². The molecule has 24 heavy (non-hydrogen) atoms. The second kappa shape index (κ2) is 7.99. The van der Waals surface area contributed by atoms with Gasteiger partial charge in [-0.2, -0.15) is 0 Å². The zero-order valence-electron chi connectivity index (χ0n) is 13.8. The lowest BCUT2D eigenvalue weighted by atomic mass is 10.1. The van der Waals surface area contributed by atoms with Gasteiger partial charge in [0.1, 0.15) is 18.8 Å². The average Bonchev–Trinajstić information content (AvgIpc) is 3.17. The Morgan fingerprint density at radius 2 is 2.12 bits per heavy atom. The highest BCUT2D eigenvalue weighted by Crippen LogP contribution is 2.13. The minimum absolute atomic E-state index is 0.0819. The molecule has 2 aromatic rings. The summed E-state index contributed by atoms with van der Waals surface area (Å²) >= 11 is 0. The molecule has 1 aliphatic heterocycles. The molecule has 0 unspecified atom stereocenters. The Morgan fingerprint density at radius 3 is 2.83 bits per heavy atom. The zero-order chi connectivity index (χ0) is 16.8. The summed E-state index contributed by atoms with van der Waals surface area (Å²) in [5, 5.41) is 3.02. The fourth-order valence-electron chi connectivity index (χ4n) is 2.98. The Labute approximate surface area is 141 Å². The molecule has 0 spiro atoms. The molecule has 1 aromatic carbocycles. The number of carbonyl (C=O) groups excluding carboxylic acids is 1. The van der Waals surface area contributed by atoms with Gasteiger partial charge in [-0.1, -0.05) is 6.07 Å². The number of amides is 1. The summed E-state index contributed by atoms with van der Waals surface area (Å²) in [5.74, 6) is 1.44. The summed E-state index contributed by atoms with van der Waals surface area (Å²) in [6.07, 6.45) is 1.67. The van der Waals surface area contributed by atoms with Crippen molar-refractivity contribution in [3.63, 3.8) is 0 Å². The maximum Gasteiger partial charge on any atom is 0.251 e. The van der Waals surface area contributed by atoms with E-state index in [9.17, 15) is 4.79 Å². The number of quaternary nitrogens is 1. The molecule has 1 amide bonds. The van der Waals surface area contributed by atoms with Gasteiger partial charge in [0.25, 0.3) is 5.91 Å². The first-order chi connectivity index (χ1) is 11.8. The molecule has 1 aromatic heterocycles. The first-order valence-corrected chi connectivity index (χ1v) is 8.16. The van der Waals surface area contributed by atoms with Crippen LogP contribution in [0.3, 0.4) is 0 Å². The van der Waals surface area contributed by atoms with Crippen molar-refractivity contribution >= 4 is 5.91 Å². The second-order valence-corrected chi connectivity index (χ2v) is 5.78. The van der Waals surface area contributed by atoms with Crippen LogP contribution in [0.4, 0.5) is 0 Å². The summed E-state index contributed by atoms with van der Waals surface area (Å²) in [6, 6.07) is 11.1. The quantitative estimate of drug-likeness (QED) is 0.817. The third-order valence-electron chi connectivity index (χ3n) is 4.31. The Bertz CT molecular complexity index is 651. The van der Waals surface area contributed by atoms with Gasteiger partial charge < -0.3 is 24.1 Å².